The van der Waals surface area contributed by atoms with Gasteiger partial charge in [0, 0.05) is 27.8 Å². The van der Waals surface area contributed by atoms with Gasteiger partial charge in [-0.3, -0.25) is 19.0 Å². The van der Waals surface area contributed by atoms with Crippen molar-refractivity contribution in [3.05, 3.63) is 120 Å². The minimum Gasteiger partial charge on any atom is -0.493 e. The zero-order valence-electron chi connectivity index (χ0n) is 27.6. The number of carbonyl (C=O) groups excluding carboxylic acids is 2. The number of para-hydroxylation sites is 2. The molecule has 48 heavy (non-hydrogen) atoms. The molecule has 1 N–H and O–H groups in total. The van der Waals surface area contributed by atoms with Crippen LogP contribution in [0.4, 0.5) is 5.69 Å². The Kier molecular flexibility index (Phi) is 9.05. The Morgan fingerprint density at radius 1 is 0.979 bits per heavy atom. The van der Waals surface area contributed by atoms with Crippen molar-refractivity contribution < 1.29 is 23.8 Å². The van der Waals surface area contributed by atoms with Crippen molar-refractivity contribution in [2.75, 3.05) is 26.1 Å². The first-order valence-electron chi connectivity index (χ1n) is 15.5. The summed E-state index contributed by atoms with van der Waals surface area (Å²) in [6, 6.07) is 19.8. The second-order valence-corrected chi connectivity index (χ2v) is 12.4. The van der Waals surface area contributed by atoms with E-state index in [9.17, 15) is 14.4 Å². The lowest BCUT2D eigenvalue weighted by Gasteiger charge is -2.26. The lowest BCUT2D eigenvalue weighted by molar-refractivity contribution is -0.143. The summed E-state index contributed by atoms with van der Waals surface area (Å²) in [4.78, 5) is 46.3. The Hall–Kier alpha value is -5.42. The standard InChI is InChI=1S/C37H36N4O6S/c1-7-47-32(42)20-40-23(4)26(25-13-9-11-15-28(25)40)19-31-36(44)41-34(24-16-17-29(45-5)30(18-24)46-6)33(22(3)38-37(41)48-31)35(43)39-27-14-10-8-12-21(27)2/h8-19,34H,7,20H2,1-6H3,(H,39,43)/b31-19-/t34-/m0/s1. The third-order valence-electron chi connectivity index (χ3n) is 8.53. The van der Waals surface area contributed by atoms with Crippen LogP contribution in [0.2, 0.25) is 0 Å². The molecule has 0 fully saturated rings. The van der Waals surface area contributed by atoms with Crippen LogP contribution in [0.1, 0.15) is 42.3 Å². The molecule has 0 aliphatic carbocycles. The normalized spacial score (nSPS) is 14.5. The number of hydrogen-bond acceptors (Lipinski definition) is 8. The maximum Gasteiger partial charge on any atom is 0.325 e. The second-order valence-electron chi connectivity index (χ2n) is 11.4. The number of carbonyl (C=O) groups is 2. The lowest BCUT2D eigenvalue weighted by Crippen LogP contribution is -2.40. The number of nitrogens with zero attached hydrogens (tertiary/aromatic N) is 3. The van der Waals surface area contributed by atoms with Crippen molar-refractivity contribution in [3.8, 4) is 11.5 Å². The predicted molar refractivity (Wildman–Crippen MR) is 186 cm³/mol. The number of fused-ring (bicyclic) bond motifs is 2. The van der Waals surface area contributed by atoms with Crippen molar-refractivity contribution in [1.82, 2.24) is 9.13 Å². The summed E-state index contributed by atoms with van der Waals surface area (Å²) in [5, 5.41) is 3.94. The number of allylic oxidation sites excluding steroid dienone is 1. The summed E-state index contributed by atoms with van der Waals surface area (Å²) in [5.41, 5.74) is 5.26. The average molecular weight is 665 g/mol. The smallest absolute Gasteiger partial charge is 0.325 e. The Balaban J connectivity index is 1.54. The van der Waals surface area contributed by atoms with Crippen molar-refractivity contribution in [2.24, 2.45) is 4.99 Å². The van der Waals surface area contributed by atoms with Gasteiger partial charge in [-0.15, -0.1) is 0 Å². The van der Waals surface area contributed by atoms with Gasteiger partial charge in [0.2, 0.25) is 0 Å². The van der Waals surface area contributed by atoms with Crippen LogP contribution in [0, 0.1) is 13.8 Å². The van der Waals surface area contributed by atoms with E-state index in [0.717, 1.165) is 27.7 Å². The zero-order chi connectivity index (χ0) is 34.1. The highest BCUT2D eigenvalue weighted by Crippen LogP contribution is 2.36. The number of esters is 1. The van der Waals surface area contributed by atoms with E-state index >= 15 is 0 Å². The van der Waals surface area contributed by atoms with E-state index in [4.69, 9.17) is 19.2 Å². The molecule has 0 saturated heterocycles. The summed E-state index contributed by atoms with van der Waals surface area (Å²) >= 11 is 1.25. The number of aromatic nitrogens is 2. The monoisotopic (exact) mass is 664 g/mol. The lowest BCUT2D eigenvalue weighted by atomic mass is 9.94. The molecule has 1 aliphatic heterocycles. The number of methoxy groups -OCH3 is 2. The molecular formula is C37H36N4O6S. The van der Waals surface area contributed by atoms with E-state index in [-0.39, 0.29) is 30.6 Å². The molecule has 0 bridgehead atoms. The van der Waals surface area contributed by atoms with Crippen LogP contribution >= 0.6 is 11.3 Å². The van der Waals surface area contributed by atoms with Crippen LogP contribution in [0.3, 0.4) is 0 Å². The maximum atomic E-state index is 14.5. The number of ether oxygens (including phenoxy) is 3. The molecule has 11 heteroatoms. The molecule has 2 aromatic heterocycles. The van der Waals surface area contributed by atoms with Gasteiger partial charge in [0.05, 0.1) is 42.7 Å². The van der Waals surface area contributed by atoms with Gasteiger partial charge in [0.25, 0.3) is 11.5 Å². The summed E-state index contributed by atoms with van der Waals surface area (Å²) in [7, 11) is 3.10. The largest absolute Gasteiger partial charge is 0.493 e. The fraction of sp³-hybridized carbons (Fsp3) is 0.243. The fourth-order valence-electron chi connectivity index (χ4n) is 6.16. The number of thiazole rings is 1. The minimum atomic E-state index is -0.807. The Bertz CT molecular complexity index is 2290. The third kappa shape index (κ3) is 5.81. The fourth-order valence-corrected chi connectivity index (χ4v) is 7.19. The first kappa shape index (κ1) is 32.5. The topological polar surface area (TPSA) is 113 Å². The molecule has 0 saturated carbocycles. The molecule has 0 unspecified atom stereocenters. The van der Waals surface area contributed by atoms with Crippen molar-refractivity contribution in [1.29, 1.82) is 0 Å². The predicted octanol–water partition coefficient (Wildman–Crippen LogP) is 5.03. The van der Waals surface area contributed by atoms with Gasteiger partial charge in [0.1, 0.15) is 6.54 Å². The van der Waals surface area contributed by atoms with E-state index in [1.165, 1.54) is 11.3 Å². The molecular weight excluding hydrogens is 628 g/mol. The summed E-state index contributed by atoms with van der Waals surface area (Å²) in [5.74, 6) is 0.289. The van der Waals surface area contributed by atoms with Crippen LogP contribution in [-0.4, -0.2) is 41.8 Å². The van der Waals surface area contributed by atoms with Crippen molar-refractivity contribution in [2.45, 2.75) is 40.3 Å². The van der Waals surface area contributed by atoms with Crippen molar-refractivity contribution in [3.63, 3.8) is 0 Å². The number of rotatable bonds is 9. The summed E-state index contributed by atoms with van der Waals surface area (Å²) in [6.45, 7) is 7.74. The van der Waals surface area contributed by atoms with E-state index in [1.807, 2.05) is 79.1 Å². The molecule has 0 radical (unpaired) electrons. The molecule has 0 spiro atoms. The van der Waals surface area contributed by atoms with Crippen LogP contribution in [0.15, 0.2) is 87.8 Å². The highest BCUT2D eigenvalue weighted by atomic mass is 32.1. The summed E-state index contributed by atoms with van der Waals surface area (Å²) < 4.78 is 20.2. The third-order valence-corrected chi connectivity index (χ3v) is 9.51. The van der Waals surface area contributed by atoms with Crippen LogP contribution in [-0.2, 0) is 20.9 Å². The average Bonchev–Trinajstić information content (AvgIpc) is 3.53. The van der Waals surface area contributed by atoms with Crippen LogP contribution in [0.5, 0.6) is 11.5 Å². The highest BCUT2D eigenvalue weighted by molar-refractivity contribution is 7.07. The number of aryl methyl sites for hydroxylation is 1. The van der Waals surface area contributed by atoms with Gasteiger partial charge in [-0.2, -0.15) is 0 Å². The second kappa shape index (κ2) is 13.4. The molecule has 246 valence electrons. The molecule has 6 rings (SSSR count). The number of anilines is 1. The molecule has 1 atom stereocenters. The number of nitrogens with one attached hydrogen (secondary N) is 1. The van der Waals surface area contributed by atoms with Crippen LogP contribution < -0.4 is 29.7 Å². The van der Waals surface area contributed by atoms with E-state index in [1.54, 1.807) is 44.8 Å². The zero-order valence-corrected chi connectivity index (χ0v) is 28.4. The Morgan fingerprint density at radius 2 is 1.71 bits per heavy atom. The van der Waals surface area contributed by atoms with Crippen molar-refractivity contribution >= 4 is 45.9 Å². The Morgan fingerprint density at radius 3 is 2.44 bits per heavy atom. The van der Waals surface area contributed by atoms with Gasteiger partial charge < -0.3 is 24.1 Å². The number of benzene rings is 3. The molecule has 5 aromatic rings. The maximum absolute atomic E-state index is 14.5. The first-order valence-corrected chi connectivity index (χ1v) is 16.3. The van der Waals surface area contributed by atoms with Gasteiger partial charge in [-0.05, 0) is 69.2 Å². The molecule has 1 amide bonds. The first-order chi connectivity index (χ1) is 23.2. The number of hydrogen-bond donors (Lipinski definition) is 1. The van der Waals surface area contributed by atoms with Gasteiger partial charge in [-0.25, -0.2) is 4.99 Å². The quantitative estimate of drug-likeness (QED) is 0.222. The molecule has 3 heterocycles. The van der Waals surface area contributed by atoms with E-state index in [0.29, 0.717) is 43.4 Å². The van der Waals surface area contributed by atoms with E-state index in [2.05, 4.69) is 5.32 Å². The molecule has 1 aliphatic rings. The Labute approximate surface area is 281 Å². The highest BCUT2D eigenvalue weighted by Gasteiger charge is 2.33. The summed E-state index contributed by atoms with van der Waals surface area (Å²) in [6.07, 6.45) is 1.85. The van der Waals surface area contributed by atoms with E-state index < -0.39 is 6.04 Å². The molecule has 10 nitrogen and oxygen atoms in total. The SMILES string of the molecule is CCOC(=O)Cn1c(C)c(/C=c2\sc3n(c2=O)[C@@H](c2ccc(OC)c(OC)c2)C(C(=O)Nc2ccccc2C)=C(C)N=3)c2ccccc21. The molecule has 3 aromatic carbocycles. The van der Waals surface area contributed by atoms with Gasteiger partial charge >= 0.3 is 5.97 Å². The minimum absolute atomic E-state index is 0.0487. The number of amides is 1. The van der Waals surface area contributed by atoms with Gasteiger partial charge in [0.15, 0.2) is 16.3 Å². The van der Waals surface area contributed by atoms with Gasteiger partial charge in [-0.1, -0.05) is 53.8 Å². The van der Waals surface area contributed by atoms with Crippen LogP contribution in [0.25, 0.3) is 17.0 Å².